The Morgan fingerprint density at radius 2 is 0.906 bits per heavy atom. The molecule has 0 spiro atoms. The summed E-state index contributed by atoms with van der Waals surface area (Å²) in [7, 11) is 0. The van der Waals surface area contributed by atoms with Crippen molar-refractivity contribution in [3.63, 3.8) is 0 Å². The molecular formula is C24H34N2O6. The molecule has 0 aromatic carbocycles. The topological polar surface area (TPSA) is 120 Å². The van der Waals surface area contributed by atoms with Crippen molar-refractivity contribution in [3.05, 3.63) is 42.5 Å². The zero-order chi connectivity index (χ0) is 23.5. The molecule has 8 nitrogen and oxygen atoms in total. The van der Waals surface area contributed by atoms with E-state index >= 15 is 0 Å². The van der Waals surface area contributed by atoms with E-state index in [-0.39, 0.29) is 45.4 Å². The van der Waals surface area contributed by atoms with Crippen LogP contribution in [0.25, 0.3) is 0 Å². The molecule has 3 rings (SSSR count). The number of Topliss-reactive ketones (excluding diaryl/α,β-unsaturated/α-hetero) is 2. The molecule has 3 aliphatic carbocycles. The largest absolute Gasteiger partial charge is 0.289 e. The van der Waals surface area contributed by atoms with Gasteiger partial charge in [0.1, 0.15) is 0 Å². The Bertz CT molecular complexity index is 799. The summed E-state index contributed by atoms with van der Waals surface area (Å²) in [6.45, 7) is 3.15. The summed E-state index contributed by atoms with van der Waals surface area (Å²) in [6.07, 6.45) is 7.70. The number of nitro groups is 2. The second-order valence-corrected chi connectivity index (χ2v) is 10.0. The molecule has 32 heavy (non-hydrogen) atoms. The number of carbonyl (C=O) groups is 2. The van der Waals surface area contributed by atoms with Gasteiger partial charge in [-0.15, -0.1) is 0 Å². The zero-order valence-electron chi connectivity index (χ0n) is 19.2. The van der Waals surface area contributed by atoms with Crippen LogP contribution in [0.5, 0.6) is 0 Å². The molecule has 0 saturated heterocycles. The first kappa shape index (κ1) is 24.3. The van der Waals surface area contributed by atoms with E-state index in [2.05, 4.69) is 0 Å². The van der Waals surface area contributed by atoms with Crippen molar-refractivity contribution in [3.8, 4) is 0 Å². The van der Waals surface area contributed by atoms with E-state index in [1.165, 1.54) is 0 Å². The number of carbonyl (C=O) groups excluding carboxylic acids is 2. The maximum Gasteiger partial charge on any atom is 0.226 e. The smallest absolute Gasteiger partial charge is 0.226 e. The highest BCUT2D eigenvalue weighted by atomic mass is 16.6. The minimum Gasteiger partial charge on any atom is -0.289 e. The zero-order valence-corrected chi connectivity index (χ0v) is 19.2. The number of allylic oxidation sites excluding steroid dienone is 2. The molecule has 176 valence electrons. The molecule has 0 aromatic rings. The quantitative estimate of drug-likeness (QED) is 0.236. The lowest BCUT2D eigenvalue weighted by atomic mass is 9.72. The van der Waals surface area contributed by atoms with Gasteiger partial charge in [0, 0.05) is 70.7 Å². The Labute approximate surface area is 188 Å². The van der Waals surface area contributed by atoms with Crippen molar-refractivity contribution < 1.29 is 19.4 Å². The van der Waals surface area contributed by atoms with E-state index in [1.54, 1.807) is 13.8 Å². The fourth-order valence-electron chi connectivity index (χ4n) is 5.72. The molecule has 0 radical (unpaired) electrons. The Hall–Kier alpha value is -2.38. The van der Waals surface area contributed by atoms with Gasteiger partial charge in [-0.05, 0) is 39.5 Å². The molecule has 0 atom stereocenters. The van der Waals surface area contributed by atoms with Crippen LogP contribution in [0.15, 0.2) is 22.3 Å². The average molecular weight is 447 g/mol. The lowest BCUT2D eigenvalue weighted by Gasteiger charge is -2.31. The van der Waals surface area contributed by atoms with Crippen molar-refractivity contribution >= 4 is 11.6 Å². The molecule has 0 amide bonds. The monoisotopic (exact) mass is 446 g/mol. The predicted octanol–water partition coefficient (Wildman–Crippen LogP) is 5.29. The summed E-state index contributed by atoms with van der Waals surface area (Å²) in [5.41, 5.74) is -1.66. The van der Waals surface area contributed by atoms with E-state index < -0.39 is 11.1 Å². The molecule has 0 aromatic heterocycles. The number of hydrogen-bond donors (Lipinski definition) is 0. The van der Waals surface area contributed by atoms with Gasteiger partial charge in [0.15, 0.2) is 11.6 Å². The lowest BCUT2D eigenvalue weighted by Crippen LogP contribution is -2.43. The van der Waals surface area contributed by atoms with Crippen LogP contribution < -0.4 is 0 Å². The standard InChI is InChI=1S/C24H34N2O6/c1-17-18(2)22(28)20(16-24(26(31)32)13-9-5-6-10-14-24)19(21(17)27)15-23(25(29)30)11-7-3-4-8-12-23/h3-16H2,1-2H3. The SMILES string of the molecule is CC1=C(C)C(=O)C(CC2([N+](=O)[O-])CCCCCC2)=C(CC2([N+](=O)[O-])CCCCCC2)C1=O. The van der Waals surface area contributed by atoms with Crippen molar-refractivity contribution in [1.29, 1.82) is 0 Å². The van der Waals surface area contributed by atoms with Gasteiger partial charge in [0.2, 0.25) is 11.1 Å². The Balaban J connectivity index is 2.10. The van der Waals surface area contributed by atoms with Crippen LogP contribution in [-0.2, 0) is 9.59 Å². The molecule has 8 heteroatoms. The fourth-order valence-corrected chi connectivity index (χ4v) is 5.72. The molecule has 0 unspecified atom stereocenters. The van der Waals surface area contributed by atoms with Crippen LogP contribution in [-0.4, -0.2) is 32.5 Å². The molecule has 0 N–H and O–H groups in total. The van der Waals surface area contributed by atoms with Gasteiger partial charge < -0.3 is 0 Å². The summed E-state index contributed by atoms with van der Waals surface area (Å²) in [5, 5.41) is 24.4. The summed E-state index contributed by atoms with van der Waals surface area (Å²) in [6, 6.07) is 0. The van der Waals surface area contributed by atoms with Crippen molar-refractivity contribution in [1.82, 2.24) is 0 Å². The molecule has 0 bridgehead atoms. The molecule has 0 aliphatic heterocycles. The lowest BCUT2D eigenvalue weighted by molar-refractivity contribution is -0.573. The second-order valence-electron chi connectivity index (χ2n) is 10.0. The first-order chi connectivity index (χ1) is 15.1. The van der Waals surface area contributed by atoms with E-state index in [9.17, 15) is 29.8 Å². The molecular weight excluding hydrogens is 412 g/mol. The van der Waals surface area contributed by atoms with Crippen LogP contribution in [0.3, 0.4) is 0 Å². The number of hydrogen-bond acceptors (Lipinski definition) is 6. The molecule has 2 saturated carbocycles. The Kier molecular flexibility index (Phi) is 7.30. The summed E-state index contributed by atoms with van der Waals surface area (Å²) in [5.74, 6) is -0.704. The Morgan fingerprint density at radius 3 is 1.16 bits per heavy atom. The van der Waals surface area contributed by atoms with Gasteiger partial charge >= 0.3 is 0 Å². The maximum atomic E-state index is 13.3. The highest BCUT2D eigenvalue weighted by Gasteiger charge is 2.50. The molecule has 2 fully saturated rings. The maximum absolute atomic E-state index is 13.3. The highest BCUT2D eigenvalue weighted by molar-refractivity contribution is 6.24. The molecule has 0 heterocycles. The third-order valence-corrected chi connectivity index (χ3v) is 8.01. The predicted molar refractivity (Wildman–Crippen MR) is 120 cm³/mol. The summed E-state index contributed by atoms with van der Waals surface area (Å²) in [4.78, 5) is 50.6. The Morgan fingerprint density at radius 1 is 0.625 bits per heavy atom. The third-order valence-electron chi connectivity index (χ3n) is 8.01. The average Bonchev–Trinajstić information content (AvgIpc) is 3.15. The van der Waals surface area contributed by atoms with Crippen molar-refractivity contribution in [2.45, 2.75) is 115 Å². The fraction of sp³-hybridized carbons (Fsp3) is 0.750. The van der Waals surface area contributed by atoms with Gasteiger partial charge in [-0.3, -0.25) is 29.8 Å². The van der Waals surface area contributed by atoms with Crippen LogP contribution in [0.2, 0.25) is 0 Å². The third kappa shape index (κ3) is 4.55. The van der Waals surface area contributed by atoms with Gasteiger partial charge in [0.05, 0.1) is 0 Å². The number of nitrogens with zero attached hydrogens (tertiary/aromatic N) is 2. The van der Waals surface area contributed by atoms with E-state index in [0.29, 0.717) is 62.5 Å². The van der Waals surface area contributed by atoms with Crippen LogP contribution in [0.1, 0.15) is 104 Å². The van der Waals surface area contributed by atoms with E-state index in [4.69, 9.17) is 0 Å². The normalized spacial score (nSPS) is 24.2. The first-order valence-corrected chi connectivity index (χ1v) is 11.9. The van der Waals surface area contributed by atoms with E-state index in [1.807, 2.05) is 0 Å². The first-order valence-electron chi connectivity index (χ1n) is 11.9. The van der Waals surface area contributed by atoms with Crippen LogP contribution in [0.4, 0.5) is 0 Å². The summed E-state index contributed by atoms with van der Waals surface area (Å²) >= 11 is 0. The minimum atomic E-state index is -1.29. The van der Waals surface area contributed by atoms with Gasteiger partial charge in [-0.2, -0.15) is 0 Å². The van der Waals surface area contributed by atoms with Gasteiger partial charge in [0.25, 0.3) is 0 Å². The van der Waals surface area contributed by atoms with Gasteiger partial charge in [-0.1, -0.05) is 25.7 Å². The van der Waals surface area contributed by atoms with Crippen LogP contribution in [0, 0.1) is 20.2 Å². The minimum absolute atomic E-state index is 0.113. The second kappa shape index (κ2) is 9.63. The van der Waals surface area contributed by atoms with Crippen LogP contribution >= 0.6 is 0 Å². The molecule has 3 aliphatic rings. The number of ketones is 2. The number of rotatable bonds is 6. The summed E-state index contributed by atoms with van der Waals surface area (Å²) < 4.78 is 0. The highest BCUT2D eigenvalue weighted by Crippen LogP contribution is 2.42. The van der Waals surface area contributed by atoms with Crippen molar-refractivity contribution in [2.75, 3.05) is 0 Å². The van der Waals surface area contributed by atoms with E-state index in [0.717, 1.165) is 25.7 Å². The van der Waals surface area contributed by atoms with Gasteiger partial charge in [-0.25, -0.2) is 0 Å². The van der Waals surface area contributed by atoms with Crippen molar-refractivity contribution in [2.24, 2.45) is 0 Å².